The number of ether oxygens (including phenoxy) is 1. The Bertz CT molecular complexity index is 553. The summed E-state index contributed by atoms with van der Waals surface area (Å²) in [5, 5.41) is 5.78. The van der Waals surface area contributed by atoms with Gasteiger partial charge in [0.15, 0.2) is 0 Å². The predicted octanol–water partition coefficient (Wildman–Crippen LogP) is 2.01. The summed E-state index contributed by atoms with van der Waals surface area (Å²) in [6.07, 6.45) is 2.09. The molecule has 2 N–H and O–H groups in total. The monoisotopic (exact) mass is 304 g/mol. The van der Waals surface area contributed by atoms with Gasteiger partial charge in [0.25, 0.3) is 0 Å². The summed E-state index contributed by atoms with van der Waals surface area (Å²) in [6, 6.07) is 7.62. The van der Waals surface area contributed by atoms with Crippen LogP contribution in [0.3, 0.4) is 0 Å². The molecule has 1 aromatic rings. The number of nitrogens with one attached hydrogen (secondary N) is 2. The number of methoxy groups -OCH3 is 1. The maximum atomic E-state index is 12.4. The minimum absolute atomic E-state index is 0.0898. The van der Waals surface area contributed by atoms with Crippen molar-refractivity contribution in [2.45, 2.75) is 45.7 Å². The van der Waals surface area contributed by atoms with E-state index in [0.717, 1.165) is 17.7 Å². The molecule has 1 atom stereocenters. The molecule has 2 rings (SSSR count). The van der Waals surface area contributed by atoms with Gasteiger partial charge in [-0.05, 0) is 32.3 Å². The lowest BCUT2D eigenvalue weighted by molar-refractivity contribution is -0.137. The zero-order valence-corrected chi connectivity index (χ0v) is 13.4. The fourth-order valence-electron chi connectivity index (χ4n) is 2.34. The Kier molecular flexibility index (Phi) is 5.06. The van der Waals surface area contributed by atoms with E-state index >= 15 is 0 Å². The highest BCUT2D eigenvalue weighted by Crippen LogP contribution is 2.46. The number of hydrogen-bond donors (Lipinski definition) is 2. The van der Waals surface area contributed by atoms with Crippen LogP contribution in [0.5, 0.6) is 5.75 Å². The zero-order chi connectivity index (χ0) is 16.2. The molecule has 1 unspecified atom stereocenters. The first-order chi connectivity index (χ1) is 10.5. The number of benzene rings is 1. The molecule has 120 valence electrons. The lowest BCUT2D eigenvalue weighted by Gasteiger charge is -2.19. The van der Waals surface area contributed by atoms with Crippen LogP contribution >= 0.6 is 0 Å². The van der Waals surface area contributed by atoms with E-state index in [-0.39, 0.29) is 17.9 Å². The molecular formula is C17H24N2O3. The summed E-state index contributed by atoms with van der Waals surface area (Å²) >= 11 is 0. The smallest absolute Gasteiger partial charge is 0.235 e. The Morgan fingerprint density at radius 1 is 1.27 bits per heavy atom. The minimum Gasteiger partial charge on any atom is -0.496 e. The van der Waals surface area contributed by atoms with Gasteiger partial charge >= 0.3 is 0 Å². The molecule has 22 heavy (non-hydrogen) atoms. The molecule has 1 saturated carbocycles. The summed E-state index contributed by atoms with van der Waals surface area (Å²) in [6.45, 7) is 4.31. The highest BCUT2D eigenvalue weighted by molar-refractivity contribution is 6.07. The van der Waals surface area contributed by atoms with Crippen molar-refractivity contribution in [1.29, 1.82) is 0 Å². The van der Waals surface area contributed by atoms with Crippen molar-refractivity contribution in [3.63, 3.8) is 0 Å². The van der Waals surface area contributed by atoms with Gasteiger partial charge in [-0.25, -0.2) is 0 Å². The Morgan fingerprint density at radius 2 is 1.95 bits per heavy atom. The normalized spacial score (nSPS) is 16.5. The Hall–Kier alpha value is -2.04. The van der Waals surface area contributed by atoms with Crippen LogP contribution < -0.4 is 15.4 Å². The van der Waals surface area contributed by atoms with E-state index in [1.807, 2.05) is 38.1 Å². The topological polar surface area (TPSA) is 67.4 Å². The maximum Gasteiger partial charge on any atom is 0.235 e. The third-order valence-corrected chi connectivity index (χ3v) is 4.24. The van der Waals surface area contributed by atoms with Crippen molar-refractivity contribution >= 4 is 11.8 Å². The van der Waals surface area contributed by atoms with Crippen molar-refractivity contribution in [2.75, 3.05) is 7.11 Å². The van der Waals surface area contributed by atoms with Crippen LogP contribution in [0.25, 0.3) is 0 Å². The molecule has 5 nitrogen and oxygen atoms in total. The van der Waals surface area contributed by atoms with Crippen LogP contribution in [-0.4, -0.2) is 25.0 Å². The van der Waals surface area contributed by atoms with Crippen molar-refractivity contribution < 1.29 is 14.3 Å². The fourth-order valence-corrected chi connectivity index (χ4v) is 2.34. The second-order valence-electron chi connectivity index (χ2n) is 5.86. The first kappa shape index (κ1) is 16.3. The Labute approximate surface area is 131 Å². The van der Waals surface area contributed by atoms with E-state index in [9.17, 15) is 9.59 Å². The molecule has 0 radical (unpaired) electrons. The number of hydrogen-bond acceptors (Lipinski definition) is 3. The lowest BCUT2D eigenvalue weighted by Crippen LogP contribution is -2.45. The standard InChI is InChI=1S/C17H24N2O3/c1-4-12(2)19-16(21)17(9-10-17)15(20)18-11-13-7-5-6-8-14(13)22-3/h5-8,12H,4,9-11H2,1-3H3,(H,18,20)(H,19,21). The maximum absolute atomic E-state index is 12.4. The Balaban J connectivity index is 1.96. The number of rotatable bonds is 7. The van der Waals surface area contributed by atoms with Crippen LogP contribution in [0.15, 0.2) is 24.3 Å². The summed E-state index contributed by atoms with van der Waals surface area (Å²) in [4.78, 5) is 24.7. The third-order valence-electron chi connectivity index (χ3n) is 4.24. The fraction of sp³-hybridized carbons (Fsp3) is 0.529. The van der Waals surface area contributed by atoms with Gasteiger partial charge < -0.3 is 15.4 Å². The van der Waals surface area contributed by atoms with Gasteiger partial charge in [-0.1, -0.05) is 25.1 Å². The van der Waals surface area contributed by atoms with Gasteiger partial charge in [0, 0.05) is 18.2 Å². The van der Waals surface area contributed by atoms with Crippen molar-refractivity contribution in [1.82, 2.24) is 10.6 Å². The average molecular weight is 304 g/mol. The van der Waals surface area contributed by atoms with Gasteiger partial charge in [0.05, 0.1) is 7.11 Å². The molecule has 2 amide bonds. The second kappa shape index (κ2) is 6.81. The van der Waals surface area contributed by atoms with Crippen molar-refractivity contribution in [3.8, 4) is 5.75 Å². The summed E-state index contributed by atoms with van der Waals surface area (Å²) in [5.41, 5.74) is 0.0299. The number of carbonyl (C=O) groups excluding carboxylic acids is 2. The molecule has 1 aliphatic carbocycles. The molecule has 0 heterocycles. The lowest BCUT2D eigenvalue weighted by atomic mass is 10.0. The number of para-hydroxylation sites is 1. The average Bonchev–Trinajstić information content (AvgIpc) is 3.34. The highest BCUT2D eigenvalue weighted by Gasteiger charge is 2.56. The molecule has 0 spiro atoms. The van der Waals surface area contributed by atoms with Crippen molar-refractivity contribution in [2.24, 2.45) is 5.41 Å². The van der Waals surface area contributed by atoms with E-state index < -0.39 is 5.41 Å². The first-order valence-corrected chi connectivity index (χ1v) is 7.74. The molecule has 0 aromatic heterocycles. The van der Waals surface area contributed by atoms with Crippen LogP contribution in [-0.2, 0) is 16.1 Å². The van der Waals surface area contributed by atoms with Gasteiger partial charge in [-0.15, -0.1) is 0 Å². The minimum atomic E-state index is -0.870. The van der Waals surface area contributed by atoms with E-state index in [0.29, 0.717) is 19.4 Å². The van der Waals surface area contributed by atoms with Crippen LogP contribution in [0.1, 0.15) is 38.7 Å². The van der Waals surface area contributed by atoms with Crippen LogP contribution in [0.4, 0.5) is 0 Å². The molecule has 1 aromatic carbocycles. The van der Waals surface area contributed by atoms with Gasteiger partial charge in [-0.3, -0.25) is 9.59 Å². The number of amides is 2. The molecule has 0 saturated heterocycles. The third kappa shape index (κ3) is 3.40. The van der Waals surface area contributed by atoms with Crippen LogP contribution in [0.2, 0.25) is 0 Å². The van der Waals surface area contributed by atoms with E-state index in [1.54, 1.807) is 7.11 Å². The molecule has 0 bridgehead atoms. The quantitative estimate of drug-likeness (QED) is 0.757. The highest BCUT2D eigenvalue weighted by atomic mass is 16.5. The van der Waals surface area contributed by atoms with Crippen molar-refractivity contribution in [3.05, 3.63) is 29.8 Å². The predicted molar refractivity (Wildman–Crippen MR) is 84.4 cm³/mol. The molecule has 5 heteroatoms. The Morgan fingerprint density at radius 3 is 2.55 bits per heavy atom. The van der Waals surface area contributed by atoms with Crippen LogP contribution in [0, 0.1) is 5.41 Å². The second-order valence-corrected chi connectivity index (χ2v) is 5.86. The summed E-state index contributed by atoms with van der Waals surface area (Å²) < 4.78 is 5.26. The number of carbonyl (C=O) groups is 2. The summed E-state index contributed by atoms with van der Waals surface area (Å²) in [7, 11) is 1.60. The molecule has 1 aliphatic rings. The van der Waals surface area contributed by atoms with E-state index in [2.05, 4.69) is 10.6 Å². The SMILES string of the molecule is CCC(C)NC(=O)C1(C(=O)NCc2ccccc2OC)CC1. The van der Waals surface area contributed by atoms with Gasteiger partial charge in [0.2, 0.25) is 11.8 Å². The van der Waals surface area contributed by atoms with Gasteiger partial charge in [0.1, 0.15) is 11.2 Å². The largest absolute Gasteiger partial charge is 0.496 e. The first-order valence-electron chi connectivity index (χ1n) is 7.74. The van der Waals surface area contributed by atoms with E-state index in [4.69, 9.17) is 4.74 Å². The molecule has 0 aliphatic heterocycles. The molecule has 1 fully saturated rings. The molecular weight excluding hydrogens is 280 g/mol. The zero-order valence-electron chi connectivity index (χ0n) is 13.4. The van der Waals surface area contributed by atoms with E-state index in [1.165, 1.54) is 0 Å². The van der Waals surface area contributed by atoms with Gasteiger partial charge in [-0.2, -0.15) is 0 Å². The summed E-state index contributed by atoms with van der Waals surface area (Å²) in [5.74, 6) is 0.385.